The molecule has 0 saturated carbocycles. The minimum absolute atomic E-state index is 0.170. The molecule has 1 saturated heterocycles. The van der Waals surface area contributed by atoms with E-state index >= 15 is 0 Å². The minimum Gasteiger partial charge on any atom is -0.496 e. The lowest BCUT2D eigenvalue weighted by atomic mass is 9.68. The molecule has 3 N–H and O–H groups in total. The van der Waals surface area contributed by atoms with E-state index in [2.05, 4.69) is 10.7 Å². The SMILES string of the molecule is CCCCC1C(C(=O)NCc2ccccc2OC)(c2ccc(F)cc2)NN(c2ccccc2)C1(C)C(=O)O. The zero-order chi connectivity index (χ0) is 27.3. The standard InChI is InChI=1S/C30H34FN3O4/c1-4-5-15-26-29(2,28(36)37)34(24-12-7-6-8-13-24)33-30(26,22-16-18-23(31)19-17-22)27(35)32-20-21-11-9-10-14-25(21)38-3/h6-14,16-19,26,33H,4-5,15,20H2,1-3H3,(H,32,35)(H,36,37). The van der Waals surface area contributed by atoms with Crippen LogP contribution in [0.15, 0.2) is 78.9 Å². The van der Waals surface area contributed by atoms with Gasteiger partial charge in [-0.05, 0) is 49.2 Å². The Morgan fingerprint density at radius 2 is 1.71 bits per heavy atom. The van der Waals surface area contributed by atoms with E-state index < -0.39 is 34.7 Å². The lowest BCUT2D eigenvalue weighted by molar-refractivity contribution is -0.145. The van der Waals surface area contributed by atoms with Crippen molar-refractivity contribution in [3.8, 4) is 5.75 Å². The summed E-state index contributed by atoms with van der Waals surface area (Å²) in [5.74, 6) is -1.97. The summed E-state index contributed by atoms with van der Waals surface area (Å²) < 4.78 is 19.5. The number of amides is 1. The number of ether oxygens (including phenoxy) is 1. The summed E-state index contributed by atoms with van der Waals surface area (Å²) in [6.07, 6.45) is 1.98. The highest BCUT2D eigenvalue weighted by Crippen LogP contribution is 2.50. The van der Waals surface area contributed by atoms with Gasteiger partial charge in [0.15, 0.2) is 5.54 Å². The summed E-state index contributed by atoms with van der Waals surface area (Å²) in [6, 6.07) is 22.2. The average molecular weight is 520 g/mol. The number of nitrogens with zero attached hydrogens (tertiary/aromatic N) is 1. The van der Waals surface area contributed by atoms with Crippen LogP contribution in [-0.4, -0.2) is 29.6 Å². The second-order valence-corrected chi connectivity index (χ2v) is 9.74. The second kappa shape index (κ2) is 11.2. The fourth-order valence-corrected chi connectivity index (χ4v) is 5.49. The zero-order valence-electron chi connectivity index (χ0n) is 21.9. The highest BCUT2D eigenvalue weighted by molar-refractivity contribution is 5.94. The largest absolute Gasteiger partial charge is 0.496 e. The van der Waals surface area contributed by atoms with Gasteiger partial charge in [-0.2, -0.15) is 0 Å². The molecule has 0 aliphatic carbocycles. The average Bonchev–Trinajstić information content (AvgIpc) is 3.22. The van der Waals surface area contributed by atoms with Crippen LogP contribution in [0.25, 0.3) is 0 Å². The van der Waals surface area contributed by atoms with E-state index in [1.807, 2.05) is 49.4 Å². The third kappa shape index (κ3) is 4.72. The molecule has 1 heterocycles. The highest BCUT2D eigenvalue weighted by Gasteiger charge is 2.66. The molecule has 3 aromatic carbocycles. The van der Waals surface area contributed by atoms with Crippen molar-refractivity contribution in [2.24, 2.45) is 5.92 Å². The van der Waals surface area contributed by atoms with E-state index in [0.29, 0.717) is 29.8 Å². The smallest absolute Gasteiger partial charge is 0.331 e. The van der Waals surface area contributed by atoms with Crippen molar-refractivity contribution in [1.82, 2.24) is 10.7 Å². The quantitative estimate of drug-likeness (QED) is 0.349. The van der Waals surface area contributed by atoms with E-state index in [1.165, 1.54) is 12.1 Å². The Bertz CT molecular complexity index is 1270. The van der Waals surface area contributed by atoms with Gasteiger partial charge >= 0.3 is 5.97 Å². The number of hydrogen-bond donors (Lipinski definition) is 3. The van der Waals surface area contributed by atoms with E-state index in [0.717, 1.165) is 12.0 Å². The van der Waals surface area contributed by atoms with Crippen LogP contribution in [0, 0.1) is 11.7 Å². The first-order valence-corrected chi connectivity index (χ1v) is 12.8. The lowest BCUT2D eigenvalue weighted by Gasteiger charge is -2.37. The molecule has 0 radical (unpaired) electrons. The summed E-state index contributed by atoms with van der Waals surface area (Å²) in [5, 5.41) is 15.3. The third-order valence-corrected chi connectivity index (χ3v) is 7.54. The third-order valence-electron chi connectivity index (χ3n) is 7.54. The van der Waals surface area contributed by atoms with Crippen LogP contribution in [0.5, 0.6) is 5.75 Å². The number of carboxylic acids is 1. The van der Waals surface area contributed by atoms with Gasteiger partial charge in [-0.3, -0.25) is 9.80 Å². The Kier molecular flexibility index (Phi) is 8.02. The maximum atomic E-state index is 14.4. The van der Waals surface area contributed by atoms with Crippen LogP contribution in [0.1, 0.15) is 44.2 Å². The number of carboxylic acid groups (broad SMARTS) is 1. The summed E-state index contributed by atoms with van der Waals surface area (Å²) in [4.78, 5) is 27.4. The number of rotatable bonds is 10. The molecular formula is C30H34FN3O4. The first-order chi connectivity index (χ1) is 18.3. The number of methoxy groups -OCH3 is 1. The van der Waals surface area contributed by atoms with Crippen molar-refractivity contribution in [2.45, 2.75) is 50.7 Å². The van der Waals surface area contributed by atoms with E-state index in [4.69, 9.17) is 4.74 Å². The number of para-hydroxylation sites is 2. The fourth-order valence-electron chi connectivity index (χ4n) is 5.49. The molecule has 0 aromatic heterocycles. The van der Waals surface area contributed by atoms with Crippen LogP contribution < -0.4 is 20.5 Å². The van der Waals surface area contributed by atoms with Crippen molar-refractivity contribution in [3.05, 3.63) is 95.8 Å². The van der Waals surface area contributed by atoms with Gasteiger partial charge in [-0.25, -0.2) is 14.6 Å². The Hall–Kier alpha value is -3.91. The number of halogens is 1. The van der Waals surface area contributed by atoms with Crippen molar-refractivity contribution < 1.29 is 23.8 Å². The molecule has 7 nitrogen and oxygen atoms in total. The number of anilines is 1. The Morgan fingerprint density at radius 1 is 1.05 bits per heavy atom. The van der Waals surface area contributed by atoms with Crippen LogP contribution in [0.2, 0.25) is 0 Å². The van der Waals surface area contributed by atoms with Gasteiger partial charge in [-0.15, -0.1) is 0 Å². The van der Waals surface area contributed by atoms with Gasteiger partial charge in [0.1, 0.15) is 17.1 Å². The van der Waals surface area contributed by atoms with Gasteiger partial charge in [0.2, 0.25) is 5.91 Å². The van der Waals surface area contributed by atoms with Crippen molar-refractivity contribution in [2.75, 3.05) is 12.1 Å². The summed E-state index contributed by atoms with van der Waals surface area (Å²) in [7, 11) is 1.57. The normalized spacial score (nSPS) is 22.7. The maximum absolute atomic E-state index is 14.4. The number of benzene rings is 3. The van der Waals surface area contributed by atoms with Gasteiger partial charge in [-0.1, -0.05) is 68.3 Å². The Balaban J connectivity index is 1.87. The highest BCUT2D eigenvalue weighted by atomic mass is 19.1. The first kappa shape index (κ1) is 27.1. The number of unbranched alkanes of at least 4 members (excludes halogenated alkanes) is 1. The van der Waals surface area contributed by atoms with E-state index in [1.54, 1.807) is 43.3 Å². The predicted octanol–water partition coefficient (Wildman–Crippen LogP) is 5.02. The van der Waals surface area contributed by atoms with E-state index in [-0.39, 0.29) is 6.54 Å². The molecule has 38 heavy (non-hydrogen) atoms. The number of carbonyl (C=O) groups is 2. The molecule has 0 spiro atoms. The number of aliphatic carboxylic acids is 1. The molecule has 3 unspecified atom stereocenters. The number of hydrazine groups is 1. The lowest BCUT2D eigenvalue weighted by Crippen LogP contribution is -2.56. The molecule has 1 aliphatic rings. The van der Waals surface area contributed by atoms with Crippen molar-refractivity contribution >= 4 is 17.6 Å². The van der Waals surface area contributed by atoms with Gasteiger partial charge < -0.3 is 15.2 Å². The molecule has 1 amide bonds. The van der Waals surface area contributed by atoms with Crippen LogP contribution in [-0.2, 0) is 21.7 Å². The number of hydrogen-bond acceptors (Lipinski definition) is 5. The molecular weight excluding hydrogens is 485 g/mol. The molecule has 1 aliphatic heterocycles. The maximum Gasteiger partial charge on any atom is 0.331 e. The second-order valence-electron chi connectivity index (χ2n) is 9.74. The fraction of sp³-hybridized carbons (Fsp3) is 0.333. The van der Waals surface area contributed by atoms with Crippen molar-refractivity contribution in [3.63, 3.8) is 0 Å². The van der Waals surface area contributed by atoms with Crippen LogP contribution in [0.3, 0.4) is 0 Å². The Labute approximate surface area is 222 Å². The van der Waals surface area contributed by atoms with Gasteiger partial charge in [0, 0.05) is 18.0 Å². The molecule has 1 fully saturated rings. The van der Waals surface area contributed by atoms with Crippen LogP contribution in [0.4, 0.5) is 10.1 Å². The topological polar surface area (TPSA) is 90.9 Å². The summed E-state index contributed by atoms with van der Waals surface area (Å²) in [5.41, 5.74) is 2.23. The van der Waals surface area contributed by atoms with Crippen molar-refractivity contribution in [1.29, 1.82) is 0 Å². The molecule has 0 bridgehead atoms. The van der Waals surface area contributed by atoms with Gasteiger partial charge in [0.25, 0.3) is 0 Å². The molecule has 4 rings (SSSR count). The number of nitrogens with one attached hydrogen (secondary N) is 2. The van der Waals surface area contributed by atoms with Crippen LogP contribution >= 0.6 is 0 Å². The summed E-state index contributed by atoms with van der Waals surface area (Å²) in [6.45, 7) is 3.84. The van der Waals surface area contributed by atoms with E-state index in [9.17, 15) is 19.1 Å². The predicted molar refractivity (Wildman–Crippen MR) is 144 cm³/mol. The Morgan fingerprint density at radius 3 is 2.34 bits per heavy atom. The molecule has 200 valence electrons. The first-order valence-electron chi connectivity index (χ1n) is 12.8. The van der Waals surface area contributed by atoms with Gasteiger partial charge in [0.05, 0.1) is 12.8 Å². The molecule has 3 atom stereocenters. The number of carbonyl (C=O) groups excluding carboxylic acids is 1. The monoisotopic (exact) mass is 519 g/mol. The minimum atomic E-state index is -1.49. The molecule has 3 aromatic rings. The zero-order valence-corrected chi connectivity index (χ0v) is 21.9. The molecule has 8 heteroatoms. The summed E-state index contributed by atoms with van der Waals surface area (Å²) >= 11 is 0.